The summed E-state index contributed by atoms with van der Waals surface area (Å²) < 4.78 is 0. The zero-order valence-electron chi connectivity index (χ0n) is 12.7. The number of nitrogens with one attached hydrogen (secondary N) is 1. The summed E-state index contributed by atoms with van der Waals surface area (Å²) in [7, 11) is 0. The number of aliphatic hydroxyl groups is 1. The Morgan fingerprint density at radius 2 is 2.05 bits per heavy atom. The maximum atomic E-state index is 9.17. The molecule has 0 bridgehead atoms. The molecule has 0 atom stereocenters. The molecule has 0 aromatic heterocycles. The molecule has 1 aromatic carbocycles. The van der Waals surface area contributed by atoms with E-state index in [1.54, 1.807) is 0 Å². The zero-order valence-corrected chi connectivity index (χ0v) is 12.7. The molecule has 0 aliphatic carbocycles. The number of benzene rings is 1. The molecule has 1 rings (SSSR count). The molecule has 3 nitrogen and oxygen atoms in total. The highest BCUT2D eigenvalue weighted by Gasteiger charge is 2.09. The van der Waals surface area contributed by atoms with Crippen LogP contribution < -0.4 is 10.2 Å². The van der Waals surface area contributed by atoms with Crippen molar-refractivity contribution in [3.63, 3.8) is 0 Å². The molecule has 2 N–H and O–H groups in total. The van der Waals surface area contributed by atoms with Gasteiger partial charge in [-0.1, -0.05) is 31.5 Å². The van der Waals surface area contributed by atoms with Crippen molar-refractivity contribution in [3.05, 3.63) is 29.3 Å². The summed E-state index contributed by atoms with van der Waals surface area (Å²) in [5.41, 5.74) is 3.83. The fourth-order valence-electron chi connectivity index (χ4n) is 2.23. The van der Waals surface area contributed by atoms with Crippen molar-refractivity contribution < 1.29 is 5.11 Å². The zero-order chi connectivity index (χ0) is 14.3. The Labute approximate surface area is 117 Å². The normalized spacial score (nSPS) is 11.1. The average Bonchev–Trinajstić information content (AvgIpc) is 2.36. The maximum absolute atomic E-state index is 9.17. The van der Waals surface area contributed by atoms with Crippen molar-refractivity contribution in [1.29, 1.82) is 0 Å². The summed E-state index contributed by atoms with van der Waals surface area (Å²) >= 11 is 0. The minimum atomic E-state index is 0.195. The second kappa shape index (κ2) is 8.18. The van der Waals surface area contributed by atoms with Crippen molar-refractivity contribution in [2.75, 3.05) is 31.1 Å². The van der Waals surface area contributed by atoms with Crippen LogP contribution in [-0.4, -0.2) is 31.3 Å². The Bertz CT molecular complexity index is 377. The summed E-state index contributed by atoms with van der Waals surface area (Å²) in [5, 5.41) is 12.7. The SMILES string of the molecule is CCN(CCO)c1ccc(C)cc1CNCC(C)C. The molecular formula is C16H28N2O. The smallest absolute Gasteiger partial charge is 0.0606 e. The molecular weight excluding hydrogens is 236 g/mol. The van der Waals surface area contributed by atoms with Gasteiger partial charge in [0.25, 0.3) is 0 Å². The molecule has 0 saturated carbocycles. The molecule has 0 unspecified atom stereocenters. The van der Waals surface area contributed by atoms with Crippen LogP contribution in [0.5, 0.6) is 0 Å². The topological polar surface area (TPSA) is 35.5 Å². The van der Waals surface area contributed by atoms with Gasteiger partial charge in [0.15, 0.2) is 0 Å². The number of hydrogen-bond acceptors (Lipinski definition) is 3. The summed E-state index contributed by atoms with van der Waals surface area (Å²) in [6, 6.07) is 6.55. The highest BCUT2D eigenvalue weighted by atomic mass is 16.3. The predicted molar refractivity (Wildman–Crippen MR) is 82.7 cm³/mol. The van der Waals surface area contributed by atoms with E-state index in [4.69, 9.17) is 5.11 Å². The third-order valence-electron chi connectivity index (χ3n) is 3.20. The molecule has 0 fully saturated rings. The van der Waals surface area contributed by atoms with Gasteiger partial charge in [-0.3, -0.25) is 0 Å². The van der Waals surface area contributed by atoms with Crippen LogP contribution in [0.2, 0.25) is 0 Å². The summed E-state index contributed by atoms with van der Waals surface area (Å²) in [6.07, 6.45) is 0. The van der Waals surface area contributed by atoms with Crippen molar-refractivity contribution in [2.45, 2.75) is 34.2 Å². The molecule has 0 aliphatic heterocycles. The number of aryl methyl sites for hydroxylation is 1. The van der Waals surface area contributed by atoms with Crippen molar-refractivity contribution in [3.8, 4) is 0 Å². The molecule has 0 amide bonds. The lowest BCUT2D eigenvalue weighted by atomic mass is 10.1. The molecule has 1 aromatic rings. The van der Waals surface area contributed by atoms with Gasteiger partial charge in [0.05, 0.1) is 6.61 Å². The molecule has 19 heavy (non-hydrogen) atoms. The van der Waals surface area contributed by atoms with Crippen LogP contribution in [0.15, 0.2) is 18.2 Å². The van der Waals surface area contributed by atoms with E-state index in [9.17, 15) is 0 Å². The molecule has 0 heterocycles. The van der Waals surface area contributed by atoms with Gasteiger partial charge in [-0.25, -0.2) is 0 Å². The first-order valence-electron chi connectivity index (χ1n) is 7.24. The first kappa shape index (κ1) is 16.0. The van der Waals surface area contributed by atoms with E-state index < -0.39 is 0 Å². The summed E-state index contributed by atoms with van der Waals surface area (Å²) in [4.78, 5) is 2.23. The van der Waals surface area contributed by atoms with E-state index in [-0.39, 0.29) is 6.61 Å². The number of nitrogens with zero attached hydrogens (tertiary/aromatic N) is 1. The Morgan fingerprint density at radius 1 is 1.32 bits per heavy atom. The third kappa shape index (κ3) is 5.21. The number of aliphatic hydroxyl groups excluding tert-OH is 1. The van der Waals surface area contributed by atoms with Gasteiger partial charge in [0.1, 0.15) is 0 Å². The van der Waals surface area contributed by atoms with E-state index in [2.05, 4.69) is 56.1 Å². The van der Waals surface area contributed by atoms with E-state index in [0.717, 1.165) is 19.6 Å². The van der Waals surface area contributed by atoms with Crippen LogP contribution in [0.4, 0.5) is 5.69 Å². The van der Waals surface area contributed by atoms with Crippen LogP contribution in [-0.2, 0) is 6.54 Å². The standard InChI is InChI=1S/C16H28N2O/c1-5-18(8-9-19)16-7-6-14(4)10-15(16)12-17-11-13(2)3/h6-7,10,13,17,19H,5,8-9,11-12H2,1-4H3. The highest BCUT2D eigenvalue weighted by molar-refractivity contribution is 5.55. The van der Waals surface area contributed by atoms with Gasteiger partial charge < -0.3 is 15.3 Å². The minimum Gasteiger partial charge on any atom is -0.395 e. The van der Waals surface area contributed by atoms with Crippen LogP contribution in [0.1, 0.15) is 31.9 Å². The molecule has 0 spiro atoms. The Balaban J connectivity index is 2.83. The fourth-order valence-corrected chi connectivity index (χ4v) is 2.23. The Morgan fingerprint density at radius 3 is 2.63 bits per heavy atom. The number of likely N-dealkylation sites (N-methyl/N-ethyl adjacent to an activating group) is 1. The van der Waals surface area contributed by atoms with Gasteiger partial charge in [-0.2, -0.15) is 0 Å². The van der Waals surface area contributed by atoms with Crippen molar-refractivity contribution in [2.24, 2.45) is 5.92 Å². The van der Waals surface area contributed by atoms with Gasteiger partial charge in [-0.05, 0) is 37.9 Å². The quantitative estimate of drug-likeness (QED) is 0.757. The summed E-state index contributed by atoms with van der Waals surface area (Å²) in [6.45, 7) is 12.4. The number of hydrogen-bond donors (Lipinski definition) is 2. The van der Waals surface area contributed by atoms with E-state index >= 15 is 0 Å². The van der Waals surface area contributed by atoms with Crippen molar-refractivity contribution >= 4 is 5.69 Å². The Hall–Kier alpha value is -1.06. The average molecular weight is 264 g/mol. The van der Waals surface area contributed by atoms with E-state index in [1.807, 2.05) is 0 Å². The first-order valence-corrected chi connectivity index (χ1v) is 7.24. The summed E-state index contributed by atoms with van der Waals surface area (Å²) in [5.74, 6) is 0.660. The lowest BCUT2D eigenvalue weighted by molar-refractivity contribution is 0.302. The minimum absolute atomic E-state index is 0.195. The largest absolute Gasteiger partial charge is 0.395 e. The van der Waals surface area contributed by atoms with Gasteiger partial charge >= 0.3 is 0 Å². The van der Waals surface area contributed by atoms with Crippen LogP contribution in [0, 0.1) is 12.8 Å². The van der Waals surface area contributed by atoms with Crippen LogP contribution in [0.25, 0.3) is 0 Å². The third-order valence-corrected chi connectivity index (χ3v) is 3.20. The second-order valence-corrected chi connectivity index (χ2v) is 5.46. The molecule has 108 valence electrons. The lowest BCUT2D eigenvalue weighted by Gasteiger charge is -2.25. The van der Waals surface area contributed by atoms with Gasteiger partial charge in [-0.15, -0.1) is 0 Å². The Kier molecular flexibility index (Phi) is 6.89. The fraction of sp³-hybridized carbons (Fsp3) is 0.625. The number of anilines is 1. The second-order valence-electron chi connectivity index (χ2n) is 5.46. The molecule has 0 aliphatic rings. The number of rotatable bonds is 8. The first-order chi connectivity index (χ1) is 9.08. The van der Waals surface area contributed by atoms with E-state index in [1.165, 1.54) is 16.8 Å². The van der Waals surface area contributed by atoms with Gasteiger partial charge in [0.2, 0.25) is 0 Å². The lowest BCUT2D eigenvalue weighted by Crippen LogP contribution is -2.28. The molecule has 3 heteroatoms. The van der Waals surface area contributed by atoms with Gasteiger partial charge in [0, 0.05) is 25.3 Å². The van der Waals surface area contributed by atoms with E-state index in [0.29, 0.717) is 12.5 Å². The maximum Gasteiger partial charge on any atom is 0.0606 e. The van der Waals surface area contributed by atoms with Crippen LogP contribution >= 0.6 is 0 Å². The van der Waals surface area contributed by atoms with Crippen LogP contribution in [0.3, 0.4) is 0 Å². The van der Waals surface area contributed by atoms with Crippen molar-refractivity contribution in [1.82, 2.24) is 5.32 Å². The predicted octanol–water partition coefficient (Wildman–Crippen LogP) is 2.56. The monoisotopic (exact) mass is 264 g/mol. The highest BCUT2D eigenvalue weighted by Crippen LogP contribution is 2.21. The molecule has 0 saturated heterocycles. The molecule has 0 radical (unpaired) electrons.